The Kier molecular flexibility index (Phi) is 4.33. The topological polar surface area (TPSA) is 42.7 Å². The summed E-state index contributed by atoms with van der Waals surface area (Å²) in [5, 5.41) is 10.3. The number of halogens is 4. The molecule has 2 rings (SSSR count). The second-order valence-electron chi connectivity index (χ2n) is 4.13. The van der Waals surface area contributed by atoms with E-state index >= 15 is 0 Å². The molecule has 0 bridgehead atoms. The fraction of sp³-hybridized carbons (Fsp3) is 0.333. The van der Waals surface area contributed by atoms with Crippen molar-refractivity contribution in [3.63, 3.8) is 0 Å². The quantitative estimate of drug-likeness (QED) is 0.829. The van der Waals surface area contributed by atoms with E-state index in [9.17, 15) is 17.6 Å². The predicted octanol–water partition coefficient (Wildman–Crippen LogP) is 2.26. The first kappa shape index (κ1) is 14.4. The van der Waals surface area contributed by atoms with Gasteiger partial charge in [-0.05, 0) is 12.1 Å². The molecule has 108 valence electrons. The van der Waals surface area contributed by atoms with Gasteiger partial charge in [0.05, 0.1) is 24.1 Å². The van der Waals surface area contributed by atoms with Crippen molar-refractivity contribution in [1.82, 2.24) is 20.3 Å². The van der Waals surface area contributed by atoms with Gasteiger partial charge in [-0.3, -0.25) is 0 Å². The molecular formula is C12H12F4N4. The number of hydrogen-bond acceptors (Lipinski definition) is 3. The van der Waals surface area contributed by atoms with E-state index in [-0.39, 0.29) is 6.54 Å². The Labute approximate surface area is 112 Å². The highest BCUT2D eigenvalue weighted by molar-refractivity contribution is 5.28. The second kappa shape index (κ2) is 6.00. The van der Waals surface area contributed by atoms with Crippen molar-refractivity contribution in [2.24, 2.45) is 0 Å². The van der Waals surface area contributed by atoms with Gasteiger partial charge in [-0.1, -0.05) is 18.2 Å². The fourth-order valence-electron chi connectivity index (χ4n) is 1.50. The minimum atomic E-state index is -4.05. The van der Waals surface area contributed by atoms with Gasteiger partial charge < -0.3 is 5.32 Å². The largest absolute Gasteiger partial charge is 0.319 e. The van der Waals surface area contributed by atoms with E-state index in [0.717, 1.165) is 5.69 Å². The first-order valence-corrected chi connectivity index (χ1v) is 5.82. The summed E-state index contributed by atoms with van der Waals surface area (Å²) < 4.78 is 49.2. The molecule has 0 saturated heterocycles. The maximum Gasteiger partial charge on any atom is 0.319 e. The minimum Gasteiger partial charge on any atom is -0.305 e. The van der Waals surface area contributed by atoms with E-state index in [1.807, 2.05) is 6.07 Å². The number of rotatable bonds is 6. The van der Waals surface area contributed by atoms with E-state index in [1.165, 1.54) is 11.0 Å². The number of aromatic nitrogens is 3. The summed E-state index contributed by atoms with van der Waals surface area (Å²) in [6.45, 7) is -1.17. The molecule has 0 radical (unpaired) electrons. The van der Waals surface area contributed by atoms with Gasteiger partial charge >= 0.3 is 12.3 Å². The van der Waals surface area contributed by atoms with Crippen LogP contribution in [0.25, 0.3) is 5.69 Å². The molecule has 1 N–H and O–H groups in total. The zero-order chi connectivity index (χ0) is 14.6. The standard InChI is InChI=1S/C12H12F4N4/c13-11(14)12(15,16)8-17-6-9-7-18-20(19-9)10-4-2-1-3-5-10/h1-5,7,11,17H,6,8H2. The van der Waals surface area contributed by atoms with Crippen LogP contribution in [0.5, 0.6) is 0 Å². The molecule has 0 aliphatic heterocycles. The maximum absolute atomic E-state index is 12.7. The summed E-state index contributed by atoms with van der Waals surface area (Å²) in [7, 11) is 0. The molecule has 0 atom stereocenters. The van der Waals surface area contributed by atoms with Gasteiger partial charge in [-0.2, -0.15) is 23.8 Å². The number of nitrogens with zero attached hydrogens (tertiary/aromatic N) is 3. The van der Waals surface area contributed by atoms with Gasteiger partial charge in [0.1, 0.15) is 0 Å². The first-order valence-electron chi connectivity index (χ1n) is 5.82. The van der Waals surface area contributed by atoms with Gasteiger partial charge in [0, 0.05) is 6.54 Å². The lowest BCUT2D eigenvalue weighted by atomic mass is 10.3. The molecule has 20 heavy (non-hydrogen) atoms. The molecule has 0 saturated carbocycles. The summed E-state index contributed by atoms with van der Waals surface area (Å²) >= 11 is 0. The number of benzene rings is 1. The number of nitrogens with one attached hydrogen (secondary N) is 1. The van der Waals surface area contributed by atoms with Crippen LogP contribution < -0.4 is 5.32 Å². The smallest absolute Gasteiger partial charge is 0.305 e. The van der Waals surface area contributed by atoms with E-state index in [4.69, 9.17) is 0 Å². The van der Waals surface area contributed by atoms with E-state index in [2.05, 4.69) is 15.5 Å². The highest BCUT2D eigenvalue weighted by atomic mass is 19.3. The number of hydrogen-bond donors (Lipinski definition) is 1. The summed E-state index contributed by atoms with van der Waals surface area (Å²) in [5.41, 5.74) is 1.11. The molecule has 8 heteroatoms. The van der Waals surface area contributed by atoms with Gasteiger partial charge in [-0.25, -0.2) is 8.78 Å². The van der Waals surface area contributed by atoms with Crippen molar-refractivity contribution in [1.29, 1.82) is 0 Å². The van der Waals surface area contributed by atoms with Crippen molar-refractivity contribution in [3.05, 3.63) is 42.2 Å². The summed E-state index contributed by atoms with van der Waals surface area (Å²) in [6.07, 6.45) is -2.30. The molecule has 0 unspecified atom stereocenters. The Morgan fingerprint density at radius 2 is 1.90 bits per heavy atom. The van der Waals surface area contributed by atoms with Crippen molar-refractivity contribution >= 4 is 0 Å². The second-order valence-corrected chi connectivity index (χ2v) is 4.13. The monoisotopic (exact) mass is 288 g/mol. The fourth-order valence-corrected chi connectivity index (χ4v) is 1.50. The number of para-hydroxylation sites is 1. The lowest BCUT2D eigenvalue weighted by molar-refractivity contribution is -0.125. The molecule has 4 nitrogen and oxygen atoms in total. The molecule has 0 fully saturated rings. The summed E-state index contributed by atoms with van der Waals surface area (Å²) in [4.78, 5) is 1.34. The summed E-state index contributed by atoms with van der Waals surface area (Å²) in [5.74, 6) is -4.05. The summed E-state index contributed by atoms with van der Waals surface area (Å²) in [6, 6.07) is 9.01. The van der Waals surface area contributed by atoms with Gasteiger partial charge in [0.25, 0.3) is 0 Å². The molecule has 2 aromatic rings. The Hall–Kier alpha value is -1.96. The zero-order valence-electron chi connectivity index (χ0n) is 10.3. The van der Waals surface area contributed by atoms with Gasteiger partial charge in [-0.15, -0.1) is 0 Å². The van der Waals surface area contributed by atoms with Crippen LogP contribution in [-0.2, 0) is 6.54 Å². The van der Waals surface area contributed by atoms with Crippen molar-refractivity contribution < 1.29 is 17.6 Å². The van der Waals surface area contributed by atoms with Gasteiger partial charge in [0.15, 0.2) is 0 Å². The Balaban J connectivity index is 1.91. The average Bonchev–Trinajstić information content (AvgIpc) is 2.88. The molecule has 1 aromatic carbocycles. The number of alkyl halides is 4. The molecule has 0 amide bonds. The van der Waals surface area contributed by atoms with E-state index in [1.54, 1.807) is 24.3 Å². The molecule has 0 spiro atoms. The van der Waals surface area contributed by atoms with Crippen LogP contribution in [0.4, 0.5) is 17.6 Å². The van der Waals surface area contributed by atoms with Crippen LogP contribution in [0, 0.1) is 0 Å². The zero-order valence-corrected chi connectivity index (χ0v) is 10.3. The van der Waals surface area contributed by atoms with Crippen LogP contribution in [0.15, 0.2) is 36.5 Å². The normalized spacial score (nSPS) is 12.1. The lowest BCUT2D eigenvalue weighted by Gasteiger charge is -2.14. The molecule has 0 aliphatic carbocycles. The first-order chi connectivity index (χ1) is 9.49. The van der Waals surface area contributed by atoms with Crippen molar-refractivity contribution in [2.45, 2.75) is 18.9 Å². The predicted molar refractivity (Wildman–Crippen MR) is 64.0 cm³/mol. The third kappa shape index (κ3) is 3.53. The Morgan fingerprint density at radius 1 is 1.20 bits per heavy atom. The molecule has 1 heterocycles. The highest BCUT2D eigenvalue weighted by Gasteiger charge is 2.39. The van der Waals surface area contributed by atoms with Crippen LogP contribution in [-0.4, -0.2) is 33.9 Å². The molecule has 0 aliphatic rings. The van der Waals surface area contributed by atoms with E-state index < -0.39 is 18.9 Å². The van der Waals surface area contributed by atoms with Gasteiger partial charge in [0.2, 0.25) is 0 Å². The lowest BCUT2D eigenvalue weighted by Crippen LogP contribution is -2.38. The third-order valence-electron chi connectivity index (χ3n) is 2.51. The van der Waals surface area contributed by atoms with Crippen molar-refractivity contribution in [3.8, 4) is 5.69 Å². The van der Waals surface area contributed by atoms with Crippen LogP contribution in [0.3, 0.4) is 0 Å². The Bertz CT molecular complexity index is 541. The average molecular weight is 288 g/mol. The SMILES string of the molecule is FC(F)C(F)(F)CNCc1cnn(-c2ccccc2)n1. The third-order valence-corrected chi connectivity index (χ3v) is 2.51. The molecular weight excluding hydrogens is 276 g/mol. The minimum absolute atomic E-state index is 0.0604. The van der Waals surface area contributed by atoms with Crippen LogP contribution in [0.1, 0.15) is 5.69 Å². The van der Waals surface area contributed by atoms with E-state index in [0.29, 0.717) is 5.69 Å². The van der Waals surface area contributed by atoms with Crippen LogP contribution in [0.2, 0.25) is 0 Å². The van der Waals surface area contributed by atoms with Crippen LogP contribution >= 0.6 is 0 Å². The van der Waals surface area contributed by atoms with Crippen molar-refractivity contribution in [2.75, 3.05) is 6.54 Å². The molecule has 1 aromatic heterocycles. The highest BCUT2D eigenvalue weighted by Crippen LogP contribution is 2.21. The Morgan fingerprint density at radius 3 is 2.55 bits per heavy atom. The maximum atomic E-state index is 12.7.